The quantitative estimate of drug-likeness (QED) is 0.752. The van der Waals surface area contributed by atoms with Crippen LogP contribution in [-0.2, 0) is 4.74 Å². The molecule has 0 radical (unpaired) electrons. The van der Waals surface area contributed by atoms with E-state index in [1.807, 2.05) is 6.92 Å². The van der Waals surface area contributed by atoms with Gasteiger partial charge in [0, 0.05) is 11.8 Å². The number of ether oxygens (including phenoxy) is 1. The number of rotatable bonds is 3. The molecule has 1 fully saturated rings. The highest BCUT2D eigenvalue weighted by Crippen LogP contribution is 2.16. The Morgan fingerprint density at radius 2 is 2.24 bits per heavy atom. The van der Waals surface area contributed by atoms with Gasteiger partial charge in [-0.15, -0.1) is 0 Å². The molecule has 0 unspecified atom stereocenters. The molecule has 6 heteroatoms. The number of primary amides is 1. The number of hydrogen-bond acceptors (Lipinski definition) is 4. The SMILES string of the molecule is CC1(NC(=O)c2ccnc(C(N)=O)c2)COC1. The molecule has 1 aromatic heterocycles. The van der Waals surface area contributed by atoms with Gasteiger partial charge in [-0.05, 0) is 19.1 Å². The second-order valence-electron chi connectivity index (χ2n) is 4.30. The monoisotopic (exact) mass is 235 g/mol. The fraction of sp³-hybridized carbons (Fsp3) is 0.364. The van der Waals surface area contributed by atoms with Crippen molar-refractivity contribution in [3.8, 4) is 0 Å². The van der Waals surface area contributed by atoms with Gasteiger partial charge in [0.2, 0.25) is 0 Å². The highest BCUT2D eigenvalue weighted by molar-refractivity contribution is 5.98. The number of carbonyl (C=O) groups excluding carboxylic acids is 2. The normalized spacial score (nSPS) is 17.0. The average Bonchev–Trinajstić information content (AvgIpc) is 2.27. The summed E-state index contributed by atoms with van der Waals surface area (Å²) in [5, 5.41) is 2.83. The van der Waals surface area contributed by atoms with Crippen LogP contribution in [0.2, 0.25) is 0 Å². The minimum Gasteiger partial charge on any atom is -0.376 e. The number of carbonyl (C=O) groups is 2. The summed E-state index contributed by atoms with van der Waals surface area (Å²) < 4.78 is 5.04. The van der Waals surface area contributed by atoms with Gasteiger partial charge in [0.25, 0.3) is 11.8 Å². The number of amides is 2. The van der Waals surface area contributed by atoms with Crippen LogP contribution < -0.4 is 11.1 Å². The number of nitrogens with one attached hydrogen (secondary N) is 1. The third-order valence-electron chi connectivity index (χ3n) is 2.53. The first-order chi connectivity index (χ1) is 8.00. The molecule has 0 atom stereocenters. The summed E-state index contributed by atoms with van der Waals surface area (Å²) >= 11 is 0. The standard InChI is InChI=1S/C11H13N3O3/c1-11(5-17-6-11)14-10(16)7-2-3-13-8(4-7)9(12)15/h2-4H,5-6H2,1H3,(H2,12,15)(H,14,16). The Morgan fingerprint density at radius 3 is 2.76 bits per heavy atom. The third-order valence-corrected chi connectivity index (χ3v) is 2.53. The largest absolute Gasteiger partial charge is 0.376 e. The van der Waals surface area contributed by atoms with Crippen LogP contribution in [-0.4, -0.2) is 35.6 Å². The van der Waals surface area contributed by atoms with Crippen LogP contribution in [0.1, 0.15) is 27.8 Å². The Kier molecular flexibility index (Phi) is 2.81. The van der Waals surface area contributed by atoms with E-state index in [1.165, 1.54) is 18.3 Å². The van der Waals surface area contributed by atoms with Crippen molar-refractivity contribution < 1.29 is 14.3 Å². The summed E-state index contributed by atoms with van der Waals surface area (Å²) in [7, 11) is 0. The number of aromatic nitrogens is 1. The van der Waals surface area contributed by atoms with Crippen LogP contribution in [0.25, 0.3) is 0 Å². The third kappa shape index (κ3) is 2.42. The van der Waals surface area contributed by atoms with Crippen LogP contribution in [0.3, 0.4) is 0 Å². The Bertz CT molecular complexity index is 469. The Labute approximate surface area is 98.2 Å². The second kappa shape index (κ2) is 4.14. The van der Waals surface area contributed by atoms with Gasteiger partial charge in [0.1, 0.15) is 5.69 Å². The fourth-order valence-corrected chi connectivity index (χ4v) is 1.53. The van der Waals surface area contributed by atoms with Crippen LogP contribution in [0.5, 0.6) is 0 Å². The zero-order chi connectivity index (χ0) is 12.5. The lowest BCUT2D eigenvalue weighted by molar-refractivity contribution is -0.0593. The van der Waals surface area contributed by atoms with Crippen molar-refractivity contribution in [2.75, 3.05) is 13.2 Å². The maximum absolute atomic E-state index is 11.9. The van der Waals surface area contributed by atoms with Gasteiger partial charge in [-0.25, -0.2) is 0 Å². The van der Waals surface area contributed by atoms with Crippen molar-refractivity contribution >= 4 is 11.8 Å². The highest BCUT2D eigenvalue weighted by Gasteiger charge is 2.35. The van der Waals surface area contributed by atoms with Crippen molar-refractivity contribution in [3.63, 3.8) is 0 Å². The summed E-state index contributed by atoms with van der Waals surface area (Å²) in [6.07, 6.45) is 1.38. The topological polar surface area (TPSA) is 94.3 Å². The van der Waals surface area contributed by atoms with Crippen LogP contribution in [0.15, 0.2) is 18.3 Å². The maximum Gasteiger partial charge on any atom is 0.267 e. The molecule has 1 saturated heterocycles. The predicted octanol–water partition coefficient (Wildman–Crippen LogP) is -0.301. The summed E-state index contributed by atoms with van der Waals surface area (Å²) in [5.41, 5.74) is 5.21. The van der Waals surface area contributed by atoms with E-state index in [0.29, 0.717) is 18.8 Å². The lowest BCUT2D eigenvalue weighted by Gasteiger charge is -2.38. The molecule has 2 heterocycles. The average molecular weight is 235 g/mol. The summed E-state index contributed by atoms with van der Waals surface area (Å²) in [5.74, 6) is -0.918. The molecule has 2 amide bonds. The van der Waals surface area contributed by atoms with E-state index in [4.69, 9.17) is 10.5 Å². The first kappa shape index (κ1) is 11.5. The molecular formula is C11H13N3O3. The predicted molar refractivity (Wildman–Crippen MR) is 59.4 cm³/mol. The molecule has 1 aliphatic heterocycles. The summed E-state index contributed by atoms with van der Waals surface area (Å²) in [6, 6.07) is 2.91. The van der Waals surface area contributed by atoms with Gasteiger partial charge in [-0.1, -0.05) is 0 Å². The van der Waals surface area contributed by atoms with E-state index in [2.05, 4.69) is 10.3 Å². The van der Waals surface area contributed by atoms with Crippen molar-refractivity contribution in [2.45, 2.75) is 12.5 Å². The van der Waals surface area contributed by atoms with Crippen LogP contribution >= 0.6 is 0 Å². The molecule has 2 rings (SSSR count). The number of pyridine rings is 1. The Morgan fingerprint density at radius 1 is 1.53 bits per heavy atom. The minimum absolute atomic E-state index is 0.0765. The van der Waals surface area contributed by atoms with Crippen molar-refractivity contribution in [1.29, 1.82) is 0 Å². The van der Waals surface area contributed by atoms with Crippen molar-refractivity contribution in [2.24, 2.45) is 5.73 Å². The molecular weight excluding hydrogens is 222 g/mol. The van der Waals surface area contributed by atoms with Crippen molar-refractivity contribution in [1.82, 2.24) is 10.3 Å². The van der Waals surface area contributed by atoms with Crippen LogP contribution in [0.4, 0.5) is 0 Å². The van der Waals surface area contributed by atoms with Gasteiger partial charge >= 0.3 is 0 Å². The lowest BCUT2D eigenvalue weighted by atomic mass is 10.00. The molecule has 0 aliphatic carbocycles. The molecule has 0 aromatic carbocycles. The molecule has 0 spiro atoms. The zero-order valence-corrected chi connectivity index (χ0v) is 9.40. The van der Waals surface area contributed by atoms with Gasteiger partial charge in [0.15, 0.2) is 0 Å². The van der Waals surface area contributed by atoms with E-state index >= 15 is 0 Å². The fourth-order valence-electron chi connectivity index (χ4n) is 1.53. The molecule has 1 aliphatic rings. The van der Waals surface area contributed by atoms with E-state index in [0.717, 1.165) is 0 Å². The molecule has 6 nitrogen and oxygen atoms in total. The van der Waals surface area contributed by atoms with E-state index in [-0.39, 0.29) is 17.1 Å². The summed E-state index contributed by atoms with van der Waals surface area (Å²) in [6.45, 7) is 2.88. The van der Waals surface area contributed by atoms with Crippen LogP contribution in [0, 0.1) is 0 Å². The first-order valence-electron chi connectivity index (χ1n) is 5.16. The molecule has 17 heavy (non-hydrogen) atoms. The first-order valence-corrected chi connectivity index (χ1v) is 5.16. The lowest BCUT2D eigenvalue weighted by Crippen LogP contribution is -2.59. The van der Waals surface area contributed by atoms with Gasteiger partial charge < -0.3 is 15.8 Å². The minimum atomic E-state index is -0.655. The molecule has 1 aromatic rings. The van der Waals surface area contributed by atoms with Gasteiger partial charge in [-0.2, -0.15) is 0 Å². The van der Waals surface area contributed by atoms with Gasteiger partial charge in [0.05, 0.1) is 18.8 Å². The molecule has 90 valence electrons. The van der Waals surface area contributed by atoms with E-state index in [1.54, 1.807) is 0 Å². The van der Waals surface area contributed by atoms with Crippen molar-refractivity contribution in [3.05, 3.63) is 29.6 Å². The van der Waals surface area contributed by atoms with E-state index < -0.39 is 5.91 Å². The Hall–Kier alpha value is -1.95. The molecule has 0 bridgehead atoms. The molecule has 0 saturated carbocycles. The van der Waals surface area contributed by atoms with Gasteiger partial charge in [-0.3, -0.25) is 14.6 Å². The number of hydrogen-bond donors (Lipinski definition) is 2. The van der Waals surface area contributed by atoms with E-state index in [9.17, 15) is 9.59 Å². The smallest absolute Gasteiger partial charge is 0.267 e. The Balaban J connectivity index is 2.13. The number of nitrogens with two attached hydrogens (primary N) is 1. The highest BCUT2D eigenvalue weighted by atomic mass is 16.5. The maximum atomic E-state index is 11.9. The summed E-state index contributed by atoms with van der Waals surface area (Å²) in [4.78, 5) is 26.6. The number of nitrogens with zero attached hydrogens (tertiary/aromatic N) is 1. The zero-order valence-electron chi connectivity index (χ0n) is 9.40. The second-order valence-corrected chi connectivity index (χ2v) is 4.30. The molecule has 3 N–H and O–H groups in total.